The van der Waals surface area contributed by atoms with Crippen LogP contribution >= 0.6 is 0 Å². The lowest BCUT2D eigenvalue weighted by Gasteiger charge is -2.40. The van der Waals surface area contributed by atoms with E-state index in [0.29, 0.717) is 42.2 Å². The first kappa shape index (κ1) is 33.4. The molecule has 2 amide bonds. The van der Waals surface area contributed by atoms with Crippen molar-refractivity contribution in [3.8, 4) is 17.0 Å². The Balaban J connectivity index is 1.22. The highest BCUT2D eigenvalue weighted by Gasteiger charge is 2.45. The number of carboxylic acids is 1. The zero-order valence-corrected chi connectivity index (χ0v) is 29.2. The summed E-state index contributed by atoms with van der Waals surface area (Å²) in [5.41, 5.74) is 7.70. The van der Waals surface area contributed by atoms with Gasteiger partial charge in [0, 0.05) is 65.7 Å². The van der Waals surface area contributed by atoms with Crippen molar-refractivity contribution in [1.29, 1.82) is 0 Å². The first-order valence-corrected chi connectivity index (χ1v) is 18.0. The SMILES string of the molecule is CCOc1ccc2c(c1)N(C)CCn1c-2c(C2CCCCC2)c2ccc(C(=O)NC3(C(=O)Nc4ccc(C)c(/C=C/C(=O)O)c4)CCC3)cc21. The van der Waals surface area contributed by atoms with Crippen LogP contribution < -0.4 is 20.3 Å². The van der Waals surface area contributed by atoms with E-state index in [1.807, 2.05) is 32.0 Å². The molecule has 0 radical (unpaired) electrons. The first-order chi connectivity index (χ1) is 24.2. The third-order valence-electron chi connectivity index (χ3n) is 10.9. The van der Waals surface area contributed by atoms with Gasteiger partial charge >= 0.3 is 5.97 Å². The number of rotatable bonds is 9. The molecule has 260 valence electrons. The van der Waals surface area contributed by atoms with E-state index in [2.05, 4.69) is 51.4 Å². The second-order valence-electron chi connectivity index (χ2n) is 14.1. The fraction of sp³-hybridized carbons (Fsp3) is 0.390. The van der Waals surface area contributed by atoms with Crippen LogP contribution in [0.5, 0.6) is 5.75 Å². The number of ether oxygens (including phenoxy) is 1. The van der Waals surface area contributed by atoms with Crippen molar-refractivity contribution >= 4 is 46.1 Å². The molecule has 9 nitrogen and oxygen atoms in total. The van der Waals surface area contributed by atoms with E-state index in [-0.39, 0.29) is 11.8 Å². The van der Waals surface area contributed by atoms with E-state index in [4.69, 9.17) is 9.84 Å². The lowest BCUT2D eigenvalue weighted by atomic mass is 9.75. The molecule has 50 heavy (non-hydrogen) atoms. The molecule has 7 rings (SSSR count). The predicted molar refractivity (Wildman–Crippen MR) is 198 cm³/mol. The highest BCUT2D eigenvalue weighted by atomic mass is 16.5. The number of anilines is 2. The van der Waals surface area contributed by atoms with Gasteiger partial charge in [-0.05, 0) is 111 Å². The quantitative estimate of drug-likeness (QED) is 0.156. The zero-order valence-electron chi connectivity index (χ0n) is 29.2. The molecule has 0 saturated heterocycles. The number of nitrogens with one attached hydrogen (secondary N) is 2. The van der Waals surface area contributed by atoms with E-state index in [0.717, 1.165) is 60.9 Å². The van der Waals surface area contributed by atoms with Gasteiger partial charge in [0.15, 0.2) is 0 Å². The summed E-state index contributed by atoms with van der Waals surface area (Å²) in [6.45, 7) is 6.10. The molecule has 4 aromatic rings. The normalized spacial score (nSPS) is 17.1. The molecule has 0 unspecified atom stereocenters. The number of fused-ring (bicyclic) bond motifs is 5. The molecule has 2 fully saturated rings. The van der Waals surface area contributed by atoms with Gasteiger partial charge in [-0.2, -0.15) is 0 Å². The van der Waals surface area contributed by atoms with Crippen molar-refractivity contribution < 1.29 is 24.2 Å². The van der Waals surface area contributed by atoms with Crippen LogP contribution in [0.2, 0.25) is 0 Å². The third kappa shape index (κ3) is 6.25. The number of carbonyl (C=O) groups is 3. The van der Waals surface area contributed by atoms with Gasteiger partial charge in [-0.15, -0.1) is 0 Å². The maximum Gasteiger partial charge on any atom is 0.328 e. The van der Waals surface area contributed by atoms with Gasteiger partial charge in [0.05, 0.1) is 12.3 Å². The minimum Gasteiger partial charge on any atom is -0.494 e. The van der Waals surface area contributed by atoms with Gasteiger partial charge in [0.2, 0.25) is 5.91 Å². The van der Waals surface area contributed by atoms with Crippen molar-refractivity contribution in [2.24, 2.45) is 0 Å². The minimum absolute atomic E-state index is 0.266. The maximum atomic E-state index is 14.0. The molecule has 9 heteroatoms. The lowest BCUT2D eigenvalue weighted by molar-refractivity contribution is -0.131. The summed E-state index contributed by atoms with van der Waals surface area (Å²) in [4.78, 5) is 41.1. The Labute approximate surface area is 293 Å². The van der Waals surface area contributed by atoms with E-state index in [1.54, 1.807) is 12.1 Å². The number of aryl methyl sites for hydroxylation is 1. The number of hydrogen-bond donors (Lipinski definition) is 3. The minimum atomic E-state index is -1.04. The summed E-state index contributed by atoms with van der Waals surface area (Å²) in [7, 11) is 2.13. The molecule has 2 aliphatic carbocycles. The molecule has 1 aromatic heterocycles. The third-order valence-corrected chi connectivity index (χ3v) is 10.9. The van der Waals surface area contributed by atoms with E-state index < -0.39 is 11.5 Å². The van der Waals surface area contributed by atoms with Crippen LogP contribution in [-0.4, -0.2) is 53.2 Å². The summed E-state index contributed by atoms with van der Waals surface area (Å²) >= 11 is 0. The van der Waals surface area contributed by atoms with Gasteiger partial charge < -0.3 is 29.9 Å². The van der Waals surface area contributed by atoms with E-state index in [1.165, 1.54) is 47.5 Å². The van der Waals surface area contributed by atoms with Crippen molar-refractivity contribution in [2.45, 2.75) is 83.2 Å². The molecule has 2 saturated carbocycles. The molecule has 1 aliphatic heterocycles. The zero-order chi connectivity index (χ0) is 35.0. The van der Waals surface area contributed by atoms with Crippen LogP contribution in [0.3, 0.4) is 0 Å². The summed E-state index contributed by atoms with van der Waals surface area (Å²) in [6.07, 6.45) is 10.6. The van der Waals surface area contributed by atoms with E-state index >= 15 is 0 Å². The van der Waals surface area contributed by atoms with Crippen LogP contribution in [0.1, 0.15) is 91.3 Å². The van der Waals surface area contributed by atoms with Gasteiger partial charge in [-0.1, -0.05) is 31.4 Å². The van der Waals surface area contributed by atoms with Gasteiger partial charge in [0.25, 0.3) is 5.91 Å². The Bertz CT molecular complexity index is 2000. The summed E-state index contributed by atoms with van der Waals surface area (Å²) in [5, 5.41) is 16.4. The average Bonchev–Trinajstić information content (AvgIpc) is 3.34. The summed E-state index contributed by atoms with van der Waals surface area (Å²) in [6, 6.07) is 17.9. The molecule has 3 aliphatic rings. The number of amides is 2. The van der Waals surface area contributed by atoms with Crippen molar-refractivity contribution in [1.82, 2.24) is 9.88 Å². The fourth-order valence-electron chi connectivity index (χ4n) is 8.04. The Kier molecular flexibility index (Phi) is 9.16. The number of hydrogen-bond acceptors (Lipinski definition) is 5. The van der Waals surface area contributed by atoms with Crippen molar-refractivity contribution in [3.05, 3.63) is 82.9 Å². The fourth-order valence-corrected chi connectivity index (χ4v) is 8.04. The number of carboxylic acid groups (broad SMARTS) is 1. The number of benzene rings is 3. The van der Waals surface area contributed by atoms with Gasteiger partial charge in [-0.25, -0.2) is 4.79 Å². The summed E-state index contributed by atoms with van der Waals surface area (Å²) < 4.78 is 8.31. The first-order valence-electron chi connectivity index (χ1n) is 18.0. The monoisotopic (exact) mass is 674 g/mol. The summed E-state index contributed by atoms with van der Waals surface area (Å²) in [5.74, 6) is -0.250. The van der Waals surface area contributed by atoms with Gasteiger partial charge in [-0.3, -0.25) is 9.59 Å². The number of aliphatic carboxylic acids is 1. The highest BCUT2D eigenvalue weighted by molar-refractivity contribution is 6.06. The largest absolute Gasteiger partial charge is 0.494 e. The number of aromatic nitrogens is 1. The number of likely N-dealkylation sites (N-methyl/N-ethyl adjacent to an activating group) is 1. The maximum absolute atomic E-state index is 14.0. The van der Waals surface area contributed by atoms with Gasteiger partial charge in [0.1, 0.15) is 11.3 Å². The Morgan fingerprint density at radius 2 is 1.78 bits per heavy atom. The molecule has 0 spiro atoms. The lowest BCUT2D eigenvalue weighted by Crippen LogP contribution is -2.61. The second-order valence-corrected chi connectivity index (χ2v) is 14.1. The molecule has 0 atom stereocenters. The van der Waals surface area contributed by atoms with E-state index in [9.17, 15) is 14.4 Å². The average molecular weight is 675 g/mol. The Morgan fingerprint density at radius 1 is 0.980 bits per heavy atom. The number of nitrogens with zero attached hydrogens (tertiary/aromatic N) is 2. The molecular weight excluding hydrogens is 628 g/mol. The molecule has 2 heterocycles. The highest BCUT2D eigenvalue weighted by Crippen LogP contribution is 2.48. The molecule has 3 N–H and O–H groups in total. The molecule has 3 aromatic carbocycles. The Morgan fingerprint density at radius 3 is 2.50 bits per heavy atom. The Hall–Kier alpha value is -5.05. The van der Waals surface area contributed by atoms with Crippen LogP contribution in [0.4, 0.5) is 11.4 Å². The second kappa shape index (κ2) is 13.7. The van der Waals surface area contributed by atoms with Crippen LogP contribution in [0, 0.1) is 6.92 Å². The number of carbonyl (C=O) groups excluding carboxylic acids is 2. The van der Waals surface area contributed by atoms with Crippen LogP contribution in [-0.2, 0) is 16.1 Å². The topological polar surface area (TPSA) is 113 Å². The van der Waals surface area contributed by atoms with Crippen LogP contribution in [0.25, 0.3) is 28.2 Å². The van der Waals surface area contributed by atoms with Crippen LogP contribution in [0.15, 0.2) is 60.7 Å². The molecule has 0 bridgehead atoms. The predicted octanol–water partition coefficient (Wildman–Crippen LogP) is 7.90. The smallest absolute Gasteiger partial charge is 0.328 e. The molecular formula is C41H46N4O5. The van der Waals surface area contributed by atoms with Crippen molar-refractivity contribution in [2.75, 3.05) is 30.4 Å². The standard InChI is InChI=1S/C41H46N4O5/c1-4-50-31-15-17-33-34(25-31)44(3)21-22-45-35-24-29(12-16-32(35)37(38(33)45)27-9-6-5-7-10-27)39(48)43-41(19-8-20-41)40(49)42-30-14-11-26(2)28(23-30)13-18-36(46)47/h11-18,23-25,27H,4-10,19-22H2,1-3H3,(H,42,49)(H,43,48)(H,46,47)/b18-13+. The van der Waals surface area contributed by atoms with Crippen molar-refractivity contribution in [3.63, 3.8) is 0 Å².